The monoisotopic (exact) mass is 180 g/mol. The number of Topliss-reactive ketones (excluding diaryl/α,β-unsaturated/α-hetero) is 1. The van der Waals surface area contributed by atoms with Crippen LogP contribution in [0.2, 0.25) is 0 Å². The van der Waals surface area contributed by atoms with E-state index in [0.717, 1.165) is 24.0 Å². The van der Waals surface area contributed by atoms with E-state index in [0.29, 0.717) is 6.42 Å². The Hall–Kier alpha value is -0.890. The summed E-state index contributed by atoms with van der Waals surface area (Å²) in [6.45, 7) is 3.78. The highest BCUT2D eigenvalue weighted by molar-refractivity contribution is 5.98. The fourth-order valence-corrected chi connectivity index (χ4v) is 1.37. The van der Waals surface area contributed by atoms with E-state index in [1.807, 2.05) is 19.9 Å². The van der Waals surface area contributed by atoms with Crippen LogP contribution in [0.1, 0.15) is 33.1 Å². The zero-order chi connectivity index (χ0) is 9.84. The normalized spacial score (nSPS) is 20.4. The Labute approximate surface area is 79.0 Å². The van der Waals surface area contributed by atoms with Crippen LogP contribution in [-0.4, -0.2) is 17.0 Å². The lowest BCUT2D eigenvalue weighted by molar-refractivity contribution is -0.114. The molecule has 1 aliphatic carbocycles. The lowest BCUT2D eigenvalue weighted by Gasteiger charge is -1.99. The number of allylic oxidation sites excluding steroid dienone is 3. The molecule has 0 spiro atoms. The summed E-state index contributed by atoms with van der Waals surface area (Å²) in [6, 6.07) is 0. The van der Waals surface area contributed by atoms with Gasteiger partial charge in [0.2, 0.25) is 0 Å². The van der Waals surface area contributed by atoms with Crippen molar-refractivity contribution in [3.05, 3.63) is 23.3 Å². The number of ketones is 1. The maximum atomic E-state index is 11.1. The summed E-state index contributed by atoms with van der Waals surface area (Å²) in [5.74, 6) is 0.241. The minimum atomic E-state index is -0.379. The highest BCUT2D eigenvalue weighted by Gasteiger charge is 2.16. The minimum absolute atomic E-state index is 0.241. The van der Waals surface area contributed by atoms with Crippen molar-refractivity contribution in [1.29, 1.82) is 0 Å². The van der Waals surface area contributed by atoms with E-state index in [2.05, 4.69) is 0 Å². The molecule has 0 fully saturated rings. The molecule has 1 aliphatic rings. The largest absolute Gasteiger partial charge is 0.389 e. The quantitative estimate of drug-likeness (QED) is 0.721. The van der Waals surface area contributed by atoms with E-state index < -0.39 is 0 Å². The van der Waals surface area contributed by atoms with Crippen molar-refractivity contribution >= 4 is 5.78 Å². The Balaban J connectivity index is 2.64. The van der Waals surface area contributed by atoms with Gasteiger partial charge in [0.1, 0.15) is 0 Å². The molecular weight excluding hydrogens is 164 g/mol. The SMILES string of the molecule is CC[C@H](O)/C=C/C1=C(C)C(=O)CC1. The van der Waals surface area contributed by atoms with E-state index in [1.54, 1.807) is 6.08 Å². The third kappa shape index (κ3) is 2.52. The topological polar surface area (TPSA) is 37.3 Å². The zero-order valence-corrected chi connectivity index (χ0v) is 8.21. The number of rotatable bonds is 3. The fraction of sp³-hybridized carbons (Fsp3) is 0.545. The average Bonchev–Trinajstić information content (AvgIpc) is 2.44. The van der Waals surface area contributed by atoms with Gasteiger partial charge in [0, 0.05) is 6.42 Å². The average molecular weight is 180 g/mol. The molecule has 0 unspecified atom stereocenters. The maximum Gasteiger partial charge on any atom is 0.159 e. The van der Waals surface area contributed by atoms with Gasteiger partial charge in [-0.3, -0.25) is 4.79 Å². The number of carbonyl (C=O) groups is 1. The predicted octanol–water partition coefficient (Wildman–Crippen LogP) is 1.99. The van der Waals surface area contributed by atoms with Crippen LogP contribution in [-0.2, 0) is 4.79 Å². The molecule has 0 heterocycles. The summed E-state index contributed by atoms with van der Waals surface area (Å²) in [7, 11) is 0. The van der Waals surface area contributed by atoms with Crippen molar-refractivity contribution in [3.8, 4) is 0 Å². The van der Waals surface area contributed by atoms with Gasteiger partial charge in [0.15, 0.2) is 5.78 Å². The number of hydrogen-bond acceptors (Lipinski definition) is 2. The number of aliphatic hydroxyl groups is 1. The third-order valence-corrected chi connectivity index (χ3v) is 2.46. The molecule has 0 saturated carbocycles. The van der Waals surface area contributed by atoms with Crippen LogP contribution in [0.25, 0.3) is 0 Å². The lowest BCUT2D eigenvalue weighted by atomic mass is 10.1. The van der Waals surface area contributed by atoms with Gasteiger partial charge in [0.05, 0.1) is 6.10 Å². The van der Waals surface area contributed by atoms with Gasteiger partial charge < -0.3 is 5.11 Å². The Bertz CT molecular complexity index is 261. The van der Waals surface area contributed by atoms with Crippen LogP contribution >= 0.6 is 0 Å². The van der Waals surface area contributed by atoms with Crippen molar-refractivity contribution in [2.75, 3.05) is 0 Å². The van der Waals surface area contributed by atoms with Crippen LogP contribution < -0.4 is 0 Å². The summed E-state index contributed by atoms with van der Waals surface area (Å²) in [5.41, 5.74) is 1.94. The first-order valence-electron chi connectivity index (χ1n) is 4.74. The van der Waals surface area contributed by atoms with Crippen LogP contribution in [0.4, 0.5) is 0 Å². The summed E-state index contributed by atoms with van der Waals surface area (Å²) in [6.07, 6.45) is 5.45. The Morgan fingerprint density at radius 1 is 1.54 bits per heavy atom. The molecule has 13 heavy (non-hydrogen) atoms. The highest BCUT2D eigenvalue weighted by atomic mass is 16.3. The number of aliphatic hydroxyl groups excluding tert-OH is 1. The minimum Gasteiger partial charge on any atom is -0.389 e. The molecule has 0 amide bonds. The molecule has 0 aromatic rings. The molecule has 0 aliphatic heterocycles. The highest BCUT2D eigenvalue weighted by Crippen LogP contribution is 2.23. The molecule has 1 rings (SSSR count). The number of hydrogen-bond donors (Lipinski definition) is 1. The second kappa shape index (κ2) is 4.38. The first-order valence-corrected chi connectivity index (χ1v) is 4.74. The van der Waals surface area contributed by atoms with Gasteiger partial charge in [-0.15, -0.1) is 0 Å². The first kappa shape index (κ1) is 10.2. The summed E-state index contributed by atoms with van der Waals surface area (Å²) in [5, 5.41) is 9.28. The third-order valence-electron chi connectivity index (χ3n) is 2.46. The molecule has 1 N–H and O–H groups in total. The maximum absolute atomic E-state index is 11.1. The lowest BCUT2D eigenvalue weighted by Crippen LogP contribution is -1.98. The van der Waals surface area contributed by atoms with Crippen molar-refractivity contribution in [1.82, 2.24) is 0 Å². The van der Waals surface area contributed by atoms with Gasteiger partial charge in [-0.25, -0.2) is 0 Å². The first-order chi connectivity index (χ1) is 6.15. The van der Waals surface area contributed by atoms with Gasteiger partial charge in [-0.05, 0) is 30.9 Å². The smallest absolute Gasteiger partial charge is 0.159 e. The Morgan fingerprint density at radius 3 is 2.69 bits per heavy atom. The summed E-state index contributed by atoms with van der Waals surface area (Å²) in [4.78, 5) is 11.1. The van der Waals surface area contributed by atoms with E-state index in [4.69, 9.17) is 0 Å². The molecule has 0 aromatic heterocycles. The van der Waals surface area contributed by atoms with Crippen LogP contribution in [0.5, 0.6) is 0 Å². The van der Waals surface area contributed by atoms with Gasteiger partial charge in [-0.1, -0.05) is 19.1 Å². The molecule has 0 bridgehead atoms. The Kier molecular flexibility index (Phi) is 3.43. The van der Waals surface area contributed by atoms with E-state index in [-0.39, 0.29) is 11.9 Å². The molecule has 0 aromatic carbocycles. The van der Waals surface area contributed by atoms with Gasteiger partial charge >= 0.3 is 0 Å². The fourth-order valence-electron chi connectivity index (χ4n) is 1.37. The van der Waals surface area contributed by atoms with Crippen LogP contribution in [0.15, 0.2) is 23.3 Å². The summed E-state index contributed by atoms with van der Waals surface area (Å²) >= 11 is 0. The van der Waals surface area contributed by atoms with Crippen molar-refractivity contribution in [2.45, 2.75) is 39.2 Å². The van der Waals surface area contributed by atoms with E-state index in [1.165, 1.54) is 0 Å². The van der Waals surface area contributed by atoms with Gasteiger partial charge in [0.25, 0.3) is 0 Å². The molecule has 2 heteroatoms. The standard InChI is InChI=1S/C11H16O2/c1-3-10(12)6-4-9-5-7-11(13)8(9)2/h4,6,10,12H,3,5,7H2,1-2H3/b6-4+/t10-/m0/s1. The molecule has 1 atom stereocenters. The predicted molar refractivity (Wildman–Crippen MR) is 52.4 cm³/mol. The number of carbonyl (C=O) groups excluding carboxylic acids is 1. The zero-order valence-electron chi connectivity index (χ0n) is 8.21. The molecule has 0 radical (unpaired) electrons. The van der Waals surface area contributed by atoms with E-state index >= 15 is 0 Å². The van der Waals surface area contributed by atoms with E-state index in [9.17, 15) is 9.90 Å². The molecular formula is C11H16O2. The molecule has 0 saturated heterocycles. The second-order valence-corrected chi connectivity index (χ2v) is 3.41. The van der Waals surface area contributed by atoms with Crippen molar-refractivity contribution in [2.24, 2.45) is 0 Å². The molecule has 2 nitrogen and oxygen atoms in total. The Morgan fingerprint density at radius 2 is 2.23 bits per heavy atom. The van der Waals surface area contributed by atoms with Crippen molar-refractivity contribution in [3.63, 3.8) is 0 Å². The van der Waals surface area contributed by atoms with Crippen LogP contribution in [0, 0.1) is 0 Å². The van der Waals surface area contributed by atoms with Gasteiger partial charge in [-0.2, -0.15) is 0 Å². The second-order valence-electron chi connectivity index (χ2n) is 3.41. The summed E-state index contributed by atoms with van der Waals surface area (Å²) < 4.78 is 0. The van der Waals surface area contributed by atoms with Crippen molar-refractivity contribution < 1.29 is 9.90 Å². The molecule has 72 valence electrons. The van der Waals surface area contributed by atoms with Crippen LogP contribution in [0.3, 0.4) is 0 Å².